The summed E-state index contributed by atoms with van der Waals surface area (Å²) in [5, 5.41) is 24.9. The number of imide groups is 1. The number of thiophene rings is 1. The van der Waals surface area contributed by atoms with E-state index in [4.69, 9.17) is 4.65 Å². The number of carbonyl (C=O) groups is 2. The van der Waals surface area contributed by atoms with Crippen LogP contribution in [0.3, 0.4) is 0 Å². The maximum Gasteiger partial charge on any atom is 0.455 e. The van der Waals surface area contributed by atoms with E-state index >= 15 is 0 Å². The van der Waals surface area contributed by atoms with Gasteiger partial charge in [-0.15, -0.1) is 11.3 Å². The molecule has 2 fully saturated rings. The van der Waals surface area contributed by atoms with Crippen molar-refractivity contribution in [2.24, 2.45) is 17.8 Å². The lowest BCUT2D eigenvalue weighted by atomic mass is 9.58. The van der Waals surface area contributed by atoms with Crippen LogP contribution in [0, 0.1) is 17.8 Å². The molecule has 1 aromatic heterocycles. The molecule has 2 saturated heterocycles. The Bertz CT molecular complexity index is 1530. The predicted octanol–water partition coefficient (Wildman–Crippen LogP) is 6.59. The van der Waals surface area contributed by atoms with E-state index in [1.807, 2.05) is 47.8 Å². The zero-order chi connectivity index (χ0) is 28.7. The molecule has 0 bridgehead atoms. The lowest BCUT2D eigenvalue weighted by Crippen LogP contribution is -2.46. The molecule has 4 atom stereocenters. The number of benzene rings is 2. The fourth-order valence-corrected chi connectivity index (χ4v) is 7.95. The van der Waals surface area contributed by atoms with Gasteiger partial charge in [0.25, 0.3) is 0 Å². The van der Waals surface area contributed by atoms with Gasteiger partial charge in [-0.25, -0.2) is 0 Å². The molecule has 1 aliphatic carbocycles. The van der Waals surface area contributed by atoms with Crippen molar-refractivity contribution in [3.63, 3.8) is 0 Å². The zero-order valence-electron chi connectivity index (χ0n) is 23.6. The Hall–Kier alpha value is -3.20. The Morgan fingerprint density at radius 3 is 2.63 bits per heavy atom. The van der Waals surface area contributed by atoms with Crippen LogP contribution in [-0.4, -0.2) is 40.1 Å². The van der Waals surface area contributed by atoms with Gasteiger partial charge in [0, 0.05) is 10.3 Å². The largest absolute Gasteiger partial charge is 0.507 e. The lowest BCUT2D eigenvalue weighted by Gasteiger charge is -2.42. The Balaban J connectivity index is 1.25. The van der Waals surface area contributed by atoms with Gasteiger partial charge < -0.3 is 14.8 Å². The molecule has 2 N–H and O–H groups in total. The summed E-state index contributed by atoms with van der Waals surface area (Å²) in [6.07, 6.45) is 6.25. The molecular weight excluding hydrogens is 533 g/mol. The highest BCUT2D eigenvalue weighted by molar-refractivity contribution is 7.09. The first-order valence-electron chi connectivity index (χ1n) is 14.7. The number of carbonyl (C=O) groups excluding carboxylic acids is 2. The summed E-state index contributed by atoms with van der Waals surface area (Å²) < 4.78 is 6.14. The van der Waals surface area contributed by atoms with Crippen LogP contribution in [0.25, 0.3) is 16.8 Å². The first kappa shape index (κ1) is 27.9. The number of amides is 2. The van der Waals surface area contributed by atoms with Crippen molar-refractivity contribution >= 4 is 47.1 Å². The lowest BCUT2D eigenvalue weighted by molar-refractivity contribution is -0.140. The molecule has 0 radical (unpaired) electrons. The first-order valence-corrected chi connectivity index (χ1v) is 15.5. The SMILES string of the molecule is CCC/C(=C\c1ccc(O)c2ccccc12)CC[C@H]1OB(O)C[C@H]2C1=C(C)C[C@H]1C(=O)N(Cc3cccs3)C(=O)[C@H]12. The Labute approximate surface area is 245 Å². The number of hydrogen-bond donors (Lipinski definition) is 2. The van der Waals surface area contributed by atoms with Crippen LogP contribution in [-0.2, 0) is 20.8 Å². The van der Waals surface area contributed by atoms with Crippen molar-refractivity contribution in [2.75, 3.05) is 0 Å². The Morgan fingerprint density at radius 2 is 1.88 bits per heavy atom. The van der Waals surface area contributed by atoms with Gasteiger partial charge in [0.1, 0.15) is 5.75 Å². The summed E-state index contributed by atoms with van der Waals surface area (Å²) in [5.74, 6) is -0.901. The number of nitrogens with zero attached hydrogens (tertiary/aromatic N) is 1. The summed E-state index contributed by atoms with van der Waals surface area (Å²) in [4.78, 5) is 29.5. The van der Waals surface area contributed by atoms with Crippen LogP contribution in [0.5, 0.6) is 5.75 Å². The fourth-order valence-electron chi connectivity index (χ4n) is 7.26. The number of allylic oxidation sites excluding steroid dienone is 2. The number of rotatable bonds is 8. The smallest absolute Gasteiger partial charge is 0.455 e. The van der Waals surface area contributed by atoms with Crippen LogP contribution in [0.15, 0.2) is 70.6 Å². The Kier molecular flexibility index (Phi) is 7.90. The van der Waals surface area contributed by atoms with E-state index < -0.39 is 13.0 Å². The normalized spacial score (nSPS) is 24.8. The van der Waals surface area contributed by atoms with E-state index in [-0.39, 0.29) is 35.5 Å². The fraction of sp³-hybridized carbons (Fsp3) is 0.394. The molecule has 6 rings (SSSR count). The first-order chi connectivity index (χ1) is 19.9. The molecule has 0 saturated carbocycles. The molecule has 0 spiro atoms. The van der Waals surface area contributed by atoms with Crippen molar-refractivity contribution in [1.82, 2.24) is 4.90 Å². The summed E-state index contributed by atoms with van der Waals surface area (Å²) in [6.45, 7) is 4.55. The summed E-state index contributed by atoms with van der Waals surface area (Å²) in [6, 6.07) is 15.5. The van der Waals surface area contributed by atoms with Crippen LogP contribution >= 0.6 is 11.3 Å². The molecule has 8 heteroatoms. The standard InChI is InChI=1S/C33H36BNO5S/c1-3-7-21(17-22-12-13-28(36)25-10-5-4-9-24(22)25)11-14-29-30-20(2)16-26-31(27(30)18-34(39)40-29)33(38)35(32(26)37)19-23-8-6-15-41-23/h4-6,8-10,12-13,15,17,26-27,29,31,36,39H,3,7,11,14,16,18-19H2,1-2H3/b21-17+/t26-,27+,29-,31-/m1/s1. The van der Waals surface area contributed by atoms with E-state index in [0.717, 1.165) is 51.6 Å². The molecule has 3 aromatic rings. The number of hydrogen-bond acceptors (Lipinski definition) is 6. The highest BCUT2D eigenvalue weighted by Crippen LogP contribution is 2.50. The van der Waals surface area contributed by atoms with Crippen molar-refractivity contribution < 1.29 is 24.4 Å². The van der Waals surface area contributed by atoms with Crippen LogP contribution < -0.4 is 0 Å². The van der Waals surface area contributed by atoms with Gasteiger partial charge in [-0.05, 0) is 78.9 Å². The molecule has 6 nitrogen and oxygen atoms in total. The van der Waals surface area contributed by atoms with Crippen LogP contribution in [0.1, 0.15) is 56.4 Å². The van der Waals surface area contributed by atoms with Crippen molar-refractivity contribution in [3.05, 3.63) is 81.1 Å². The quantitative estimate of drug-likeness (QED) is 0.182. The summed E-state index contributed by atoms with van der Waals surface area (Å²) in [7, 11) is -0.964. The second kappa shape index (κ2) is 11.6. The van der Waals surface area contributed by atoms with Gasteiger partial charge in [0.05, 0.1) is 24.5 Å². The molecule has 0 unspecified atom stereocenters. The van der Waals surface area contributed by atoms with E-state index in [1.165, 1.54) is 10.5 Å². The van der Waals surface area contributed by atoms with Crippen molar-refractivity contribution in [2.45, 2.75) is 64.9 Å². The highest BCUT2D eigenvalue weighted by atomic mass is 32.1. The van der Waals surface area contributed by atoms with E-state index in [2.05, 4.69) is 19.9 Å². The maximum absolute atomic E-state index is 13.7. The second-order valence-electron chi connectivity index (χ2n) is 11.6. The molecular formula is C33H36BNO5S. The summed E-state index contributed by atoms with van der Waals surface area (Å²) >= 11 is 1.55. The van der Waals surface area contributed by atoms with Crippen molar-refractivity contribution in [3.8, 4) is 5.75 Å². The number of phenols is 1. The van der Waals surface area contributed by atoms with Gasteiger partial charge in [0.2, 0.25) is 11.8 Å². The number of likely N-dealkylation sites (tertiary alicyclic amines) is 1. The third-order valence-corrected chi connectivity index (χ3v) is 9.89. The second-order valence-corrected chi connectivity index (χ2v) is 12.7. The van der Waals surface area contributed by atoms with Gasteiger partial charge in [-0.1, -0.05) is 67.0 Å². The summed E-state index contributed by atoms with van der Waals surface area (Å²) in [5.41, 5.74) is 4.59. The number of phenolic OH excluding ortho intramolecular Hbond substituents is 1. The number of aromatic hydroxyl groups is 1. The number of fused-ring (bicyclic) bond motifs is 4. The zero-order valence-corrected chi connectivity index (χ0v) is 24.4. The van der Waals surface area contributed by atoms with Gasteiger partial charge in [-0.2, -0.15) is 0 Å². The van der Waals surface area contributed by atoms with E-state index in [9.17, 15) is 19.7 Å². The minimum Gasteiger partial charge on any atom is -0.507 e. The molecule has 2 amide bonds. The van der Waals surface area contributed by atoms with Crippen LogP contribution in [0.4, 0.5) is 0 Å². The third kappa shape index (κ3) is 5.29. The topological polar surface area (TPSA) is 87.1 Å². The van der Waals surface area contributed by atoms with E-state index in [0.29, 0.717) is 25.7 Å². The molecule has 2 aromatic carbocycles. The Morgan fingerprint density at radius 1 is 1.07 bits per heavy atom. The average molecular weight is 570 g/mol. The van der Waals surface area contributed by atoms with Gasteiger partial charge in [0.15, 0.2) is 0 Å². The average Bonchev–Trinajstić information content (AvgIpc) is 3.56. The maximum atomic E-state index is 13.7. The predicted molar refractivity (Wildman–Crippen MR) is 163 cm³/mol. The molecule has 3 heterocycles. The van der Waals surface area contributed by atoms with Crippen LogP contribution in [0.2, 0.25) is 6.32 Å². The monoisotopic (exact) mass is 569 g/mol. The minimum atomic E-state index is -0.964. The third-order valence-electron chi connectivity index (χ3n) is 9.03. The van der Waals surface area contributed by atoms with Gasteiger partial charge in [-0.3, -0.25) is 14.5 Å². The molecule has 2 aliphatic heterocycles. The molecule has 212 valence electrons. The molecule has 3 aliphatic rings. The van der Waals surface area contributed by atoms with E-state index in [1.54, 1.807) is 17.4 Å². The molecule has 41 heavy (non-hydrogen) atoms. The van der Waals surface area contributed by atoms with Gasteiger partial charge >= 0.3 is 7.12 Å². The van der Waals surface area contributed by atoms with Crippen molar-refractivity contribution in [1.29, 1.82) is 0 Å². The highest BCUT2D eigenvalue weighted by Gasteiger charge is 2.56. The minimum absolute atomic E-state index is 0.0846.